The van der Waals surface area contributed by atoms with E-state index < -0.39 is 0 Å². The van der Waals surface area contributed by atoms with Gasteiger partial charge in [-0.3, -0.25) is 0 Å². The lowest BCUT2D eigenvalue weighted by atomic mass is 9.93. The Hall–Kier alpha value is 0.0249. The Morgan fingerprint density at radius 3 is 3.00 bits per heavy atom. The summed E-state index contributed by atoms with van der Waals surface area (Å²) in [6, 6.07) is 0. The Balaban J connectivity index is 2.06. The fourth-order valence-corrected chi connectivity index (χ4v) is 1.22. The lowest BCUT2D eigenvalue weighted by Crippen LogP contribution is -1.97. The van der Waals surface area contributed by atoms with Crippen LogP contribution in [0, 0.1) is 5.92 Å². The second-order valence-electron chi connectivity index (χ2n) is 2.52. The van der Waals surface area contributed by atoms with Crippen molar-refractivity contribution in [1.82, 2.24) is 0 Å². The molecule has 1 rings (SSSR count). The molecule has 8 heavy (non-hydrogen) atoms. The molecule has 2 heteroatoms. The van der Waals surface area contributed by atoms with Crippen molar-refractivity contribution in [3.8, 4) is 0 Å². The van der Waals surface area contributed by atoms with Crippen molar-refractivity contribution in [3.63, 3.8) is 0 Å². The zero-order valence-corrected chi connectivity index (χ0v) is 5.52. The zero-order chi connectivity index (χ0) is 5.82. The van der Waals surface area contributed by atoms with E-state index in [1.165, 1.54) is 19.2 Å². The highest BCUT2D eigenvalue weighted by atomic mass is 16.5. The van der Waals surface area contributed by atoms with Crippen molar-refractivity contribution < 1.29 is 4.74 Å². The maximum Gasteiger partial charge on any atom is 0.101 e. The van der Waals surface area contributed by atoms with Gasteiger partial charge < -0.3 is 4.74 Å². The van der Waals surface area contributed by atoms with E-state index in [2.05, 4.69) is 7.85 Å². The first-order valence-corrected chi connectivity index (χ1v) is 3.51. The Morgan fingerprint density at radius 1 is 1.62 bits per heavy atom. The molecule has 0 radical (unpaired) electrons. The van der Waals surface area contributed by atoms with Gasteiger partial charge in [0, 0.05) is 13.2 Å². The number of ether oxygens (including phenoxy) is 1. The molecule has 0 N–H and O–H groups in total. The normalized spacial score (nSPS) is 28.8. The predicted octanol–water partition coefficient (Wildman–Crippen LogP) is 0.464. The number of rotatable bonds is 2. The first-order chi connectivity index (χ1) is 3.93. The lowest BCUT2D eigenvalue weighted by Gasteiger charge is -2.01. The third-order valence-electron chi connectivity index (χ3n) is 1.72. The van der Waals surface area contributed by atoms with Crippen LogP contribution in [-0.4, -0.2) is 21.1 Å². The Labute approximate surface area is 51.8 Å². The fraction of sp³-hybridized carbons (Fsp3) is 1.00. The SMILES string of the molecule is BCCC1CCOC1. The second-order valence-corrected chi connectivity index (χ2v) is 2.52. The zero-order valence-electron chi connectivity index (χ0n) is 5.52. The number of hydrogen-bond donors (Lipinski definition) is 0. The van der Waals surface area contributed by atoms with Crippen molar-refractivity contribution >= 4 is 7.85 Å². The molecule has 0 aromatic carbocycles. The first-order valence-electron chi connectivity index (χ1n) is 3.51. The van der Waals surface area contributed by atoms with Crippen LogP contribution < -0.4 is 0 Å². The Kier molecular flexibility index (Phi) is 2.41. The topological polar surface area (TPSA) is 9.23 Å². The second kappa shape index (κ2) is 3.13. The highest BCUT2D eigenvalue weighted by Gasteiger charge is 2.13. The maximum atomic E-state index is 5.21. The van der Waals surface area contributed by atoms with E-state index in [1.54, 1.807) is 0 Å². The van der Waals surface area contributed by atoms with Crippen molar-refractivity contribution in [3.05, 3.63) is 0 Å². The van der Waals surface area contributed by atoms with Gasteiger partial charge in [0.1, 0.15) is 7.85 Å². The third-order valence-corrected chi connectivity index (χ3v) is 1.72. The molecule has 1 aliphatic heterocycles. The molecule has 46 valence electrons. The standard InChI is InChI=1S/C6H13BO/c7-3-1-6-2-4-8-5-6/h6H,1-5,7H2. The van der Waals surface area contributed by atoms with Gasteiger partial charge in [0.05, 0.1) is 0 Å². The van der Waals surface area contributed by atoms with E-state index in [0.29, 0.717) is 0 Å². The van der Waals surface area contributed by atoms with Crippen LogP contribution in [0.25, 0.3) is 0 Å². The maximum absolute atomic E-state index is 5.21. The molecule has 1 saturated heterocycles. The Morgan fingerprint density at radius 2 is 2.50 bits per heavy atom. The van der Waals surface area contributed by atoms with Gasteiger partial charge in [-0.2, -0.15) is 0 Å². The monoisotopic (exact) mass is 112 g/mol. The van der Waals surface area contributed by atoms with Crippen LogP contribution in [0.3, 0.4) is 0 Å². The van der Waals surface area contributed by atoms with Gasteiger partial charge in [0.2, 0.25) is 0 Å². The van der Waals surface area contributed by atoms with Crippen molar-refractivity contribution in [2.75, 3.05) is 13.2 Å². The summed E-state index contributed by atoms with van der Waals surface area (Å²) in [4.78, 5) is 0. The molecule has 1 unspecified atom stereocenters. The molecular weight excluding hydrogens is 98.9 g/mol. The molecule has 0 aliphatic carbocycles. The third kappa shape index (κ3) is 1.51. The highest BCUT2D eigenvalue weighted by Crippen LogP contribution is 2.16. The van der Waals surface area contributed by atoms with Crippen molar-refractivity contribution in [2.24, 2.45) is 5.92 Å². The van der Waals surface area contributed by atoms with Gasteiger partial charge in [-0.25, -0.2) is 0 Å². The number of hydrogen-bond acceptors (Lipinski definition) is 1. The summed E-state index contributed by atoms with van der Waals surface area (Å²) in [6.45, 7) is 2.03. The molecule has 1 nitrogen and oxygen atoms in total. The van der Waals surface area contributed by atoms with Crippen LogP contribution in [0.1, 0.15) is 12.8 Å². The van der Waals surface area contributed by atoms with Crippen LogP contribution in [-0.2, 0) is 4.74 Å². The quantitative estimate of drug-likeness (QED) is 0.471. The molecule has 1 fully saturated rings. The van der Waals surface area contributed by atoms with E-state index in [0.717, 1.165) is 19.1 Å². The van der Waals surface area contributed by atoms with E-state index in [9.17, 15) is 0 Å². The summed E-state index contributed by atoms with van der Waals surface area (Å²) in [7, 11) is 2.23. The first kappa shape index (κ1) is 6.15. The molecule has 0 aromatic rings. The molecule has 1 heterocycles. The molecular formula is C6H13BO. The van der Waals surface area contributed by atoms with Crippen LogP contribution >= 0.6 is 0 Å². The average Bonchev–Trinajstić information content (AvgIpc) is 2.19. The molecule has 0 amide bonds. The summed E-state index contributed by atoms with van der Waals surface area (Å²) in [5, 5.41) is 0. The van der Waals surface area contributed by atoms with Crippen molar-refractivity contribution in [2.45, 2.75) is 19.2 Å². The van der Waals surface area contributed by atoms with Crippen LogP contribution in [0.2, 0.25) is 6.32 Å². The van der Waals surface area contributed by atoms with Crippen LogP contribution in [0.15, 0.2) is 0 Å². The Bertz CT molecular complexity index is 59.5. The van der Waals surface area contributed by atoms with Gasteiger partial charge in [0.25, 0.3) is 0 Å². The summed E-state index contributed by atoms with van der Waals surface area (Å²) in [5.41, 5.74) is 0. The lowest BCUT2D eigenvalue weighted by molar-refractivity contribution is 0.185. The van der Waals surface area contributed by atoms with E-state index in [1.807, 2.05) is 0 Å². The highest BCUT2D eigenvalue weighted by molar-refractivity contribution is 6.08. The summed E-state index contributed by atoms with van der Waals surface area (Å²) >= 11 is 0. The van der Waals surface area contributed by atoms with Gasteiger partial charge in [-0.15, -0.1) is 0 Å². The smallest absolute Gasteiger partial charge is 0.101 e. The largest absolute Gasteiger partial charge is 0.381 e. The molecule has 0 bridgehead atoms. The summed E-state index contributed by atoms with van der Waals surface area (Å²) in [5.74, 6) is 0.889. The van der Waals surface area contributed by atoms with Gasteiger partial charge in [-0.1, -0.05) is 12.7 Å². The average molecular weight is 112 g/mol. The van der Waals surface area contributed by atoms with Gasteiger partial charge in [0.15, 0.2) is 0 Å². The molecule has 1 atom stereocenters. The van der Waals surface area contributed by atoms with E-state index in [-0.39, 0.29) is 0 Å². The minimum Gasteiger partial charge on any atom is -0.381 e. The van der Waals surface area contributed by atoms with Crippen molar-refractivity contribution in [1.29, 1.82) is 0 Å². The van der Waals surface area contributed by atoms with Crippen LogP contribution in [0.4, 0.5) is 0 Å². The molecule has 1 aliphatic rings. The van der Waals surface area contributed by atoms with Gasteiger partial charge in [-0.05, 0) is 12.3 Å². The molecule has 0 spiro atoms. The minimum atomic E-state index is 0.889. The summed E-state index contributed by atoms with van der Waals surface area (Å²) in [6.07, 6.45) is 3.97. The van der Waals surface area contributed by atoms with Gasteiger partial charge >= 0.3 is 0 Å². The fourth-order valence-electron chi connectivity index (χ4n) is 1.22. The van der Waals surface area contributed by atoms with E-state index >= 15 is 0 Å². The minimum absolute atomic E-state index is 0.889. The van der Waals surface area contributed by atoms with Crippen LogP contribution in [0.5, 0.6) is 0 Å². The molecule has 0 saturated carbocycles. The van der Waals surface area contributed by atoms with E-state index in [4.69, 9.17) is 4.74 Å². The molecule has 0 aromatic heterocycles. The summed E-state index contributed by atoms with van der Waals surface area (Å²) < 4.78 is 5.21. The predicted molar refractivity (Wildman–Crippen MR) is 36.9 cm³/mol.